The van der Waals surface area contributed by atoms with E-state index in [1.165, 1.54) is 6.42 Å². The average molecular weight is 239 g/mol. The third kappa shape index (κ3) is 4.15. The normalized spacial score (nSPS) is 21.5. The van der Waals surface area contributed by atoms with Gasteiger partial charge in [0, 0.05) is 18.7 Å². The summed E-state index contributed by atoms with van der Waals surface area (Å²) in [6.45, 7) is 15.6. The Bertz CT molecular complexity index is 291. The second-order valence-electron chi connectivity index (χ2n) is 5.91. The topological polar surface area (TPSA) is 29.5 Å². The van der Waals surface area contributed by atoms with Gasteiger partial charge in [-0.1, -0.05) is 27.4 Å². The number of likely N-dealkylation sites (tertiary alicyclic amines) is 1. The molecule has 0 spiro atoms. The van der Waals surface area contributed by atoms with Crippen LogP contribution in [0.2, 0.25) is 0 Å². The molecule has 17 heavy (non-hydrogen) atoms. The van der Waals surface area contributed by atoms with Gasteiger partial charge in [0.2, 0.25) is 0 Å². The zero-order valence-electron chi connectivity index (χ0n) is 11.6. The molecule has 0 aromatic rings. The molecule has 1 unspecified atom stereocenters. The smallest absolute Gasteiger partial charge is 0.334 e. The van der Waals surface area contributed by atoms with Crippen LogP contribution in [0.4, 0.5) is 0 Å². The van der Waals surface area contributed by atoms with Crippen molar-refractivity contribution >= 4 is 5.97 Å². The maximum Gasteiger partial charge on any atom is 0.334 e. The van der Waals surface area contributed by atoms with Crippen LogP contribution in [-0.2, 0) is 9.53 Å². The number of hydrogen-bond acceptors (Lipinski definition) is 3. The summed E-state index contributed by atoms with van der Waals surface area (Å²) in [7, 11) is 0. The summed E-state index contributed by atoms with van der Waals surface area (Å²) in [5.74, 6) is 0.448. The van der Waals surface area contributed by atoms with Crippen molar-refractivity contribution in [3.8, 4) is 0 Å². The van der Waals surface area contributed by atoms with Gasteiger partial charge in [0.05, 0.1) is 6.61 Å². The fraction of sp³-hybridized carbons (Fsp3) is 0.786. The fourth-order valence-corrected chi connectivity index (χ4v) is 2.25. The molecule has 0 amide bonds. The summed E-state index contributed by atoms with van der Waals surface area (Å²) >= 11 is 0. The molecular weight excluding hydrogens is 214 g/mol. The van der Waals surface area contributed by atoms with Crippen molar-refractivity contribution < 1.29 is 9.53 Å². The lowest BCUT2D eigenvalue weighted by Gasteiger charge is -2.27. The molecule has 1 heterocycles. The SMILES string of the molecule is C=C(CN1CCC(C(C)(C)C)C1)C(=O)OCC. The minimum Gasteiger partial charge on any atom is -0.463 e. The number of carbonyl (C=O) groups excluding carboxylic acids is 1. The lowest BCUT2D eigenvalue weighted by molar-refractivity contribution is -0.138. The van der Waals surface area contributed by atoms with Crippen LogP contribution in [0.1, 0.15) is 34.1 Å². The number of nitrogens with zero attached hydrogens (tertiary/aromatic N) is 1. The van der Waals surface area contributed by atoms with Gasteiger partial charge < -0.3 is 4.74 Å². The molecule has 0 saturated carbocycles. The van der Waals surface area contributed by atoms with Crippen molar-refractivity contribution in [1.29, 1.82) is 0 Å². The van der Waals surface area contributed by atoms with E-state index in [4.69, 9.17) is 4.74 Å². The van der Waals surface area contributed by atoms with Gasteiger partial charge >= 0.3 is 5.97 Å². The molecule has 1 aliphatic heterocycles. The van der Waals surface area contributed by atoms with Gasteiger partial charge in [0.1, 0.15) is 0 Å². The summed E-state index contributed by atoms with van der Waals surface area (Å²) in [5.41, 5.74) is 0.918. The van der Waals surface area contributed by atoms with Crippen LogP contribution < -0.4 is 0 Å². The van der Waals surface area contributed by atoms with E-state index in [9.17, 15) is 4.79 Å². The number of ether oxygens (including phenoxy) is 1. The summed E-state index contributed by atoms with van der Waals surface area (Å²) in [6, 6.07) is 0. The van der Waals surface area contributed by atoms with E-state index in [1.807, 2.05) is 6.92 Å². The third-order valence-electron chi connectivity index (χ3n) is 3.48. The van der Waals surface area contributed by atoms with E-state index in [-0.39, 0.29) is 5.97 Å². The predicted molar refractivity (Wildman–Crippen MR) is 69.8 cm³/mol. The largest absolute Gasteiger partial charge is 0.463 e. The van der Waals surface area contributed by atoms with E-state index in [0.717, 1.165) is 13.1 Å². The summed E-state index contributed by atoms with van der Waals surface area (Å²) < 4.78 is 4.94. The van der Waals surface area contributed by atoms with E-state index >= 15 is 0 Å². The number of hydrogen-bond donors (Lipinski definition) is 0. The molecule has 1 atom stereocenters. The third-order valence-corrected chi connectivity index (χ3v) is 3.48. The highest BCUT2D eigenvalue weighted by atomic mass is 16.5. The molecule has 3 heteroatoms. The van der Waals surface area contributed by atoms with Crippen LogP contribution in [0.25, 0.3) is 0 Å². The highest BCUT2D eigenvalue weighted by Crippen LogP contribution is 2.33. The summed E-state index contributed by atoms with van der Waals surface area (Å²) in [4.78, 5) is 13.8. The van der Waals surface area contributed by atoms with Crippen LogP contribution in [0.15, 0.2) is 12.2 Å². The van der Waals surface area contributed by atoms with Crippen molar-refractivity contribution in [2.45, 2.75) is 34.1 Å². The number of rotatable bonds is 4. The van der Waals surface area contributed by atoms with E-state index < -0.39 is 0 Å². The second kappa shape index (κ2) is 5.67. The molecular formula is C14H25NO2. The quantitative estimate of drug-likeness (QED) is 0.557. The van der Waals surface area contributed by atoms with Gasteiger partial charge in [0.15, 0.2) is 0 Å². The van der Waals surface area contributed by atoms with Crippen LogP contribution in [0.5, 0.6) is 0 Å². The Morgan fingerprint density at radius 2 is 2.12 bits per heavy atom. The Morgan fingerprint density at radius 3 is 2.59 bits per heavy atom. The first-order valence-corrected chi connectivity index (χ1v) is 6.41. The Labute approximate surface area is 105 Å². The Balaban J connectivity index is 2.40. The van der Waals surface area contributed by atoms with Gasteiger partial charge in [-0.25, -0.2) is 4.79 Å². The lowest BCUT2D eigenvalue weighted by Crippen LogP contribution is -2.29. The molecule has 3 nitrogen and oxygen atoms in total. The van der Waals surface area contributed by atoms with Crippen molar-refractivity contribution in [2.75, 3.05) is 26.2 Å². The first-order valence-electron chi connectivity index (χ1n) is 6.41. The molecule has 98 valence electrons. The maximum absolute atomic E-state index is 11.5. The maximum atomic E-state index is 11.5. The Morgan fingerprint density at radius 1 is 1.47 bits per heavy atom. The highest BCUT2D eigenvalue weighted by molar-refractivity contribution is 5.88. The molecule has 1 fully saturated rings. The predicted octanol–water partition coefficient (Wildman–Crippen LogP) is 2.47. The van der Waals surface area contributed by atoms with E-state index in [0.29, 0.717) is 30.1 Å². The van der Waals surface area contributed by atoms with Crippen LogP contribution in [0.3, 0.4) is 0 Å². The van der Waals surface area contributed by atoms with Crippen LogP contribution in [-0.4, -0.2) is 37.1 Å². The molecule has 0 aromatic heterocycles. The van der Waals surface area contributed by atoms with E-state index in [2.05, 4.69) is 32.3 Å². The standard InChI is InChI=1S/C14H25NO2/c1-6-17-13(16)11(2)9-15-8-7-12(10-15)14(3,4)5/h12H,2,6-10H2,1,3-5H3. The van der Waals surface area contributed by atoms with Gasteiger partial charge in [0.25, 0.3) is 0 Å². The zero-order chi connectivity index (χ0) is 13.1. The summed E-state index contributed by atoms with van der Waals surface area (Å²) in [5, 5.41) is 0. The lowest BCUT2D eigenvalue weighted by atomic mass is 9.80. The van der Waals surface area contributed by atoms with Gasteiger partial charge in [-0.15, -0.1) is 0 Å². The minimum atomic E-state index is -0.258. The summed E-state index contributed by atoms with van der Waals surface area (Å²) in [6.07, 6.45) is 1.21. The first kappa shape index (κ1) is 14.2. The van der Waals surface area contributed by atoms with E-state index in [1.54, 1.807) is 0 Å². The number of esters is 1. The molecule has 1 aliphatic rings. The van der Waals surface area contributed by atoms with Crippen LogP contribution >= 0.6 is 0 Å². The van der Waals surface area contributed by atoms with Gasteiger partial charge in [-0.3, -0.25) is 4.90 Å². The molecule has 1 rings (SSSR count). The molecule has 0 radical (unpaired) electrons. The Hall–Kier alpha value is -0.830. The second-order valence-corrected chi connectivity index (χ2v) is 5.91. The average Bonchev–Trinajstić information content (AvgIpc) is 2.66. The van der Waals surface area contributed by atoms with Gasteiger partial charge in [-0.05, 0) is 31.2 Å². The molecule has 0 aliphatic carbocycles. The minimum absolute atomic E-state index is 0.258. The fourth-order valence-electron chi connectivity index (χ4n) is 2.25. The van der Waals surface area contributed by atoms with Gasteiger partial charge in [-0.2, -0.15) is 0 Å². The molecule has 1 saturated heterocycles. The van der Waals surface area contributed by atoms with Crippen molar-refractivity contribution in [1.82, 2.24) is 4.90 Å². The molecule has 0 bridgehead atoms. The highest BCUT2D eigenvalue weighted by Gasteiger charge is 2.32. The van der Waals surface area contributed by atoms with Crippen molar-refractivity contribution in [2.24, 2.45) is 11.3 Å². The first-order chi connectivity index (χ1) is 7.84. The van der Waals surface area contributed by atoms with Crippen molar-refractivity contribution in [3.63, 3.8) is 0 Å². The monoisotopic (exact) mass is 239 g/mol. The number of carbonyl (C=O) groups is 1. The zero-order valence-corrected chi connectivity index (χ0v) is 11.6. The van der Waals surface area contributed by atoms with Crippen LogP contribution in [0, 0.1) is 11.3 Å². The van der Waals surface area contributed by atoms with Crippen molar-refractivity contribution in [3.05, 3.63) is 12.2 Å². The molecule has 0 N–H and O–H groups in total. The molecule has 0 aromatic carbocycles. The Kier molecular flexibility index (Phi) is 4.75.